The second kappa shape index (κ2) is 10.5. The molecule has 0 saturated carbocycles. The number of benzene rings is 2. The first-order valence-corrected chi connectivity index (χ1v) is 13.3. The van der Waals surface area contributed by atoms with E-state index in [9.17, 15) is 5.11 Å². The average Bonchev–Trinajstić information content (AvgIpc) is 3.03. The molecule has 0 unspecified atom stereocenters. The van der Waals surface area contributed by atoms with Crippen molar-refractivity contribution in [3.63, 3.8) is 0 Å². The van der Waals surface area contributed by atoms with Gasteiger partial charge in [-0.2, -0.15) is 0 Å². The van der Waals surface area contributed by atoms with Gasteiger partial charge < -0.3 is 25.8 Å². The summed E-state index contributed by atoms with van der Waals surface area (Å²) in [6.07, 6.45) is 6.72. The summed E-state index contributed by atoms with van der Waals surface area (Å²) in [7, 11) is 0. The van der Waals surface area contributed by atoms with E-state index in [1.54, 1.807) is 13.8 Å². The van der Waals surface area contributed by atoms with Gasteiger partial charge in [0.2, 0.25) is 0 Å². The van der Waals surface area contributed by atoms with E-state index in [1.165, 1.54) is 0 Å². The van der Waals surface area contributed by atoms with Crippen LogP contribution in [0, 0.1) is 0 Å². The van der Waals surface area contributed by atoms with E-state index in [0.29, 0.717) is 6.61 Å². The molecule has 0 amide bonds. The van der Waals surface area contributed by atoms with Crippen LogP contribution in [0.4, 0.5) is 5.69 Å². The molecule has 0 aliphatic carbocycles. The summed E-state index contributed by atoms with van der Waals surface area (Å²) in [6.45, 7) is 6.84. The third-order valence-corrected chi connectivity index (χ3v) is 7.55. The number of hydrogen-bond donors (Lipinski definition) is 3. The van der Waals surface area contributed by atoms with Crippen molar-refractivity contribution < 1.29 is 9.84 Å². The molecule has 4 N–H and O–H groups in total. The molecule has 3 aromatic rings. The van der Waals surface area contributed by atoms with Crippen molar-refractivity contribution in [2.45, 2.75) is 51.0 Å². The number of fused-ring (bicyclic) bond motifs is 2. The standard InChI is InChI=1S/C30H35ClN4O2/c1-29(2,36)21-7-12-28-26(19-21)24(25-5-3-15-33-27(25)20-37-28)6-4-16-35-17-13-30(32,14-18-35)34-23-10-8-22(31)9-11-23/h3,5-12,15,19,34,36H,4,13-14,16-18,20,32H2,1-2H3/b24-6+. The normalized spacial score (nSPS) is 18.5. The summed E-state index contributed by atoms with van der Waals surface area (Å²) in [5.74, 6) is 0.816. The van der Waals surface area contributed by atoms with Gasteiger partial charge in [-0.3, -0.25) is 4.98 Å². The summed E-state index contributed by atoms with van der Waals surface area (Å²) < 4.78 is 6.12. The Morgan fingerprint density at radius 2 is 1.89 bits per heavy atom. The molecule has 1 fully saturated rings. The average molecular weight is 519 g/mol. The van der Waals surface area contributed by atoms with Gasteiger partial charge in [0, 0.05) is 47.7 Å². The number of nitrogens with one attached hydrogen (secondary N) is 1. The Hall–Kier alpha value is -2.90. The minimum atomic E-state index is -0.938. The molecule has 1 saturated heterocycles. The van der Waals surface area contributed by atoms with Crippen molar-refractivity contribution in [1.29, 1.82) is 0 Å². The topological polar surface area (TPSA) is 83.6 Å². The number of nitrogens with two attached hydrogens (primary N) is 1. The maximum Gasteiger partial charge on any atom is 0.131 e. The maximum atomic E-state index is 10.6. The molecule has 2 aliphatic heterocycles. The van der Waals surface area contributed by atoms with Gasteiger partial charge in [0.05, 0.1) is 17.0 Å². The van der Waals surface area contributed by atoms with Gasteiger partial charge in [-0.25, -0.2) is 0 Å². The van der Waals surface area contributed by atoms with Gasteiger partial charge in [-0.15, -0.1) is 0 Å². The van der Waals surface area contributed by atoms with Crippen LogP contribution in [0.5, 0.6) is 5.75 Å². The number of aromatic nitrogens is 1. The maximum absolute atomic E-state index is 10.6. The monoisotopic (exact) mass is 518 g/mol. The van der Waals surface area contributed by atoms with Crippen LogP contribution in [0.3, 0.4) is 0 Å². The van der Waals surface area contributed by atoms with Crippen LogP contribution in [0.1, 0.15) is 55.5 Å². The fourth-order valence-electron chi connectivity index (χ4n) is 5.07. The second-order valence-corrected chi connectivity index (χ2v) is 11.0. The smallest absolute Gasteiger partial charge is 0.131 e. The number of rotatable bonds is 6. The Kier molecular flexibility index (Phi) is 7.28. The SMILES string of the molecule is CC(C)(O)c1ccc2c(c1)/C(=C/CCN1CCC(N)(Nc3ccc(Cl)cc3)CC1)c1cccnc1CO2. The molecular weight excluding hydrogens is 484 g/mol. The number of likely N-dealkylation sites (tertiary alicyclic amines) is 1. The first-order chi connectivity index (χ1) is 17.7. The molecule has 0 bridgehead atoms. The molecule has 1 aromatic heterocycles. The molecule has 3 heterocycles. The molecule has 5 rings (SSSR count). The van der Waals surface area contributed by atoms with Crippen LogP contribution < -0.4 is 15.8 Å². The summed E-state index contributed by atoms with van der Waals surface area (Å²) in [6, 6.07) is 17.7. The zero-order chi connectivity index (χ0) is 26.0. The number of aliphatic hydroxyl groups is 1. The van der Waals surface area contributed by atoms with Crippen molar-refractivity contribution in [1.82, 2.24) is 9.88 Å². The van der Waals surface area contributed by atoms with Crippen molar-refractivity contribution in [2.24, 2.45) is 5.73 Å². The van der Waals surface area contributed by atoms with E-state index in [4.69, 9.17) is 22.1 Å². The number of nitrogens with zero attached hydrogens (tertiary/aromatic N) is 2. The summed E-state index contributed by atoms with van der Waals surface area (Å²) in [4.78, 5) is 7.05. The summed E-state index contributed by atoms with van der Waals surface area (Å²) in [5.41, 5.74) is 11.3. The minimum Gasteiger partial charge on any atom is -0.487 e. The summed E-state index contributed by atoms with van der Waals surface area (Å²) in [5, 5.41) is 14.9. The number of pyridine rings is 1. The first-order valence-electron chi connectivity index (χ1n) is 12.9. The van der Waals surface area contributed by atoms with Crippen LogP contribution in [-0.2, 0) is 12.2 Å². The predicted molar refractivity (Wildman–Crippen MR) is 150 cm³/mol. The van der Waals surface area contributed by atoms with Gasteiger partial charge in [-0.05, 0) is 86.7 Å². The third kappa shape index (κ3) is 5.99. The molecule has 0 spiro atoms. The van der Waals surface area contributed by atoms with E-state index >= 15 is 0 Å². The van der Waals surface area contributed by atoms with Gasteiger partial charge in [0.25, 0.3) is 0 Å². The largest absolute Gasteiger partial charge is 0.487 e. The van der Waals surface area contributed by atoms with Crippen LogP contribution in [0.25, 0.3) is 5.57 Å². The molecule has 7 heteroatoms. The Bertz CT molecular complexity index is 1280. The Balaban J connectivity index is 1.30. The molecule has 0 atom stereocenters. The van der Waals surface area contributed by atoms with E-state index in [2.05, 4.69) is 33.4 Å². The molecule has 0 radical (unpaired) electrons. The number of halogens is 1. The number of hydrogen-bond acceptors (Lipinski definition) is 6. The number of ether oxygens (including phenoxy) is 1. The molecule has 37 heavy (non-hydrogen) atoms. The molecule has 2 aliphatic rings. The lowest BCUT2D eigenvalue weighted by molar-refractivity contribution is 0.0785. The molecule has 6 nitrogen and oxygen atoms in total. The highest BCUT2D eigenvalue weighted by Crippen LogP contribution is 2.38. The molecule has 2 aromatic carbocycles. The van der Waals surface area contributed by atoms with Gasteiger partial charge >= 0.3 is 0 Å². The second-order valence-electron chi connectivity index (χ2n) is 10.6. The highest BCUT2D eigenvalue weighted by atomic mass is 35.5. The summed E-state index contributed by atoms with van der Waals surface area (Å²) >= 11 is 6.01. The molecule has 194 valence electrons. The highest BCUT2D eigenvalue weighted by Gasteiger charge is 2.30. The molecular formula is C30H35ClN4O2. The van der Waals surface area contributed by atoms with E-state index < -0.39 is 11.3 Å². The van der Waals surface area contributed by atoms with E-state index in [-0.39, 0.29) is 0 Å². The van der Waals surface area contributed by atoms with E-state index in [1.807, 2.05) is 48.7 Å². The predicted octanol–water partition coefficient (Wildman–Crippen LogP) is 5.54. The Morgan fingerprint density at radius 3 is 2.62 bits per heavy atom. The zero-order valence-electron chi connectivity index (χ0n) is 21.5. The third-order valence-electron chi connectivity index (χ3n) is 7.30. The minimum absolute atomic E-state index is 0.418. The van der Waals surface area contributed by atoms with E-state index in [0.717, 1.165) is 83.3 Å². The Morgan fingerprint density at radius 1 is 1.14 bits per heavy atom. The van der Waals surface area contributed by atoms with Crippen LogP contribution >= 0.6 is 11.6 Å². The lowest BCUT2D eigenvalue weighted by Gasteiger charge is -2.40. The fourth-order valence-corrected chi connectivity index (χ4v) is 5.20. The van der Waals surface area contributed by atoms with Crippen LogP contribution in [0.2, 0.25) is 5.02 Å². The van der Waals surface area contributed by atoms with Crippen LogP contribution in [0.15, 0.2) is 66.9 Å². The van der Waals surface area contributed by atoms with Crippen molar-refractivity contribution >= 4 is 22.9 Å². The van der Waals surface area contributed by atoms with Gasteiger partial charge in [0.1, 0.15) is 12.4 Å². The zero-order valence-corrected chi connectivity index (χ0v) is 22.3. The lowest BCUT2D eigenvalue weighted by Crippen LogP contribution is -2.55. The quantitative estimate of drug-likeness (QED) is 0.372. The lowest BCUT2D eigenvalue weighted by atomic mass is 9.90. The van der Waals surface area contributed by atoms with Crippen molar-refractivity contribution in [3.05, 3.63) is 94.3 Å². The van der Waals surface area contributed by atoms with Crippen molar-refractivity contribution in [3.8, 4) is 5.75 Å². The van der Waals surface area contributed by atoms with Gasteiger partial charge in [0.15, 0.2) is 0 Å². The first kappa shape index (κ1) is 25.7. The van der Waals surface area contributed by atoms with Crippen molar-refractivity contribution in [2.75, 3.05) is 25.0 Å². The fraction of sp³-hybridized carbons (Fsp3) is 0.367. The van der Waals surface area contributed by atoms with Crippen LogP contribution in [-0.4, -0.2) is 40.3 Å². The highest BCUT2D eigenvalue weighted by molar-refractivity contribution is 6.30. The van der Waals surface area contributed by atoms with Gasteiger partial charge in [-0.1, -0.05) is 29.8 Å². The number of anilines is 1. The number of piperidine rings is 1. The Labute approximate surface area is 224 Å².